The van der Waals surface area contributed by atoms with Gasteiger partial charge in [0.1, 0.15) is 0 Å². The fraction of sp³-hybridized carbons (Fsp3) is 0.731. The Kier molecular flexibility index (Phi) is 10.8. The van der Waals surface area contributed by atoms with Crippen LogP contribution in [0.15, 0.2) is 30.3 Å². The third-order valence-electron chi connectivity index (χ3n) is 7.05. The molecule has 0 radical (unpaired) electrons. The molecule has 1 aromatic carbocycles. The maximum absolute atomic E-state index is 13.1. The van der Waals surface area contributed by atoms with Crippen LogP contribution in [0.3, 0.4) is 0 Å². The highest BCUT2D eigenvalue weighted by Crippen LogP contribution is 2.33. The molecule has 1 saturated carbocycles. The molecule has 2 fully saturated rings. The maximum Gasteiger partial charge on any atom is 0.317 e. The van der Waals surface area contributed by atoms with Crippen LogP contribution >= 0.6 is 0 Å². The summed E-state index contributed by atoms with van der Waals surface area (Å²) >= 11 is 0. The lowest BCUT2D eigenvalue weighted by molar-refractivity contribution is -0.0167. The van der Waals surface area contributed by atoms with Crippen LogP contribution in [0.4, 0.5) is 4.79 Å². The fourth-order valence-corrected chi connectivity index (χ4v) is 5.31. The van der Waals surface area contributed by atoms with Gasteiger partial charge >= 0.3 is 6.03 Å². The number of hydrogen-bond donors (Lipinski definition) is 2. The Morgan fingerprint density at radius 2 is 1.91 bits per heavy atom. The number of piperidine rings is 1. The van der Waals surface area contributed by atoms with Crippen LogP contribution in [0.1, 0.15) is 69.5 Å². The number of hydrogen-bond acceptors (Lipinski definition) is 4. The van der Waals surface area contributed by atoms with Gasteiger partial charge in [0, 0.05) is 51.9 Å². The number of amides is 2. The van der Waals surface area contributed by atoms with Gasteiger partial charge in [-0.15, -0.1) is 0 Å². The molecule has 3 atom stereocenters. The normalized spacial score (nSPS) is 21.8. The van der Waals surface area contributed by atoms with Crippen molar-refractivity contribution in [3.8, 4) is 0 Å². The molecule has 0 aromatic heterocycles. The molecule has 1 saturated heterocycles. The summed E-state index contributed by atoms with van der Waals surface area (Å²) in [5.41, 5.74) is 7.22. The lowest BCUT2D eigenvalue weighted by atomic mass is 9.85. The molecule has 0 spiro atoms. The number of urea groups is 1. The second-order valence-electron chi connectivity index (χ2n) is 9.52. The number of ether oxygens (including phenoxy) is 2. The molecule has 2 amide bonds. The summed E-state index contributed by atoms with van der Waals surface area (Å²) in [6, 6.07) is 10.5. The molecular weight excluding hydrogens is 402 g/mol. The summed E-state index contributed by atoms with van der Waals surface area (Å²) < 4.78 is 11.5. The van der Waals surface area contributed by atoms with Gasteiger partial charge in [0.2, 0.25) is 0 Å². The first-order valence-corrected chi connectivity index (χ1v) is 12.6. The standard InChI is InChI=1S/C26H43N3O3/c1-31-16-9-17-32-25(22-12-6-3-7-13-22)23-14-8-15-29(20-23)26(30)28-24(19-27)18-21-10-4-2-5-11-21/h3,6-7,12-13,21,23-25H,2,4-5,8-11,14-20,27H2,1H3,(H,28,30)/t23-,24-,25?/m0/s1. The van der Waals surface area contributed by atoms with E-state index in [1.165, 1.54) is 37.7 Å². The third kappa shape index (κ3) is 7.75. The molecule has 1 aliphatic carbocycles. The Balaban J connectivity index is 1.57. The zero-order valence-electron chi connectivity index (χ0n) is 19.8. The molecule has 1 heterocycles. The van der Waals surface area contributed by atoms with E-state index in [4.69, 9.17) is 15.2 Å². The molecule has 6 heteroatoms. The number of carbonyl (C=O) groups excluding carboxylic acids is 1. The summed E-state index contributed by atoms with van der Waals surface area (Å²) in [7, 11) is 1.72. The third-order valence-corrected chi connectivity index (χ3v) is 7.05. The topological polar surface area (TPSA) is 76.8 Å². The first kappa shape index (κ1) is 25.0. The Morgan fingerprint density at radius 3 is 2.62 bits per heavy atom. The van der Waals surface area contributed by atoms with E-state index in [9.17, 15) is 4.79 Å². The number of rotatable bonds is 11. The molecule has 1 aromatic rings. The predicted molar refractivity (Wildman–Crippen MR) is 128 cm³/mol. The lowest BCUT2D eigenvalue weighted by Gasteiger charge is -2.38. The van der Waals surface area contributed by atoms with Crippen molar-refractivity contribution in [2.75, 3.05) is 40.0 Å². The van der Waals surface area contributed by atoms with Gasteiger partial charge in [-0.1, -0.05) is 62.4 Å². The van der Waals surface area contributed by atoms with Crippen molar-refractivity contribution in [1.82, 2.24) is 10.2 Å². The van der Waals surface area contributed by atoms with Crippen LogP contribution in [0, 0.1) is 11.8 Å². The first-order valence-electron chi connectivity index (χ1n) is 12.6. The number of carbonyl (C=O) groups is 1. The van der Waals surface area contributed by atoms with Crippen molar-refractivity contribution in [3.63, 3.8) is 0 Å². The van der Waals surface area contributed by atoms with Crippen molar-refractivity contribution < 1.29 is 14.3 Å². The summed E-state index contributed by atoms with van der Waals surface area (Å²) in [6.07, 6.45) is 10.5. The fourth-order valence-electron chi connectivity index (χ4n) is 5.31. The van der Waals surface area contributed by atoms with Gasteiger partial charge in [0.05, 0.1) is 6.10 Å². The Bertz CT molecular complexity index is 651. The minimum atomic E-state index is -0.00352. The van der Waals surface area contributed by atoms with Crippen molar-refractivity contribution in [2.24, 2.45) is 17.6 Å². The second kappa shape index (κ2) is 13.8. The number of methoxy groups -OCH3 is 1. The highest BCUT2D eigenvalue weighted by Gasteiger charge is 2.32. The van der Waals surface area contributed by atoms with Gasteiger partial charge in [-0.05, 0) is 37.2 Å². The van der Waals surface area contributed by atoms with Crippen LogP contribution < -0.4 is 11.1 Å². The molecule has 3 N–H and O–H groups in total. The Morgan fingerprint density at radius 1 is 1.12 bits per heavy atom. The average molecular weight is 446 g/mol. The maximum atomic E-state index is 13.1. The van der Waals surface area contributed by atoms with Crippen molar-refractivity contribution >= 4 is 6.03 Å². The molecule has 1 aliphatic heterocycles. The van der Waals surface area contributed by atoms with Gasteiger partial charge in [-0.2, -0.15) is 0 Å². The Hall–Kier alpha value is -1.63. The first-order chi connectivity index (χ1) is 15.7. The highest BCUT2D eigenvalue weighted by molar-refractivity contribution is 5.74. The number of likely N-dealkylation sites (tertiary alicyclic amines) is 1. The molecule has 1 unspecified atom stereocenters. The van der Waals surface area contributed by atoms with Crippen LogP contribution in [0.25, 0.3) is 0 Å². The predicted octanol–water partition coefficient (Wildman–Crippen LogP) is 4.50. The number of nitrogens with zero attached hydrogens (tertiary/aromatic N) is 1. The minimum absolute atomic E-state index is 0.00352. The zero-order chi connectivity index (χ0) is 22.6. The van der Waals surface area contributed by atoms with Crippen LogP contribution in [0.5, 0.6) is 0 Å². The molecule has 0 bridgehead atoms. The Labute approximate surface area is 194 Å². The second-order valence-corrected chi connectivity index (χ2v) is 9.52. The van der Waals surface area contributed by atoms with Crippen molar-refractivity contribution in [1.29, 1.82) is 0 Å². The monoisotopic (exact) mass is 445 g/mol. The van der Waals surface area contributed by atoms with E-state index >= 15 is 0 Å². The number of benzene rings is 1. The van der Waals surface area contributed by atoms with Gasteiger partial charge in [-0.3, -0.25) is 0 Å². The molecular formula is C26H43N3O3. The van der Waals surface area contributed by atoms with Crippen LogP contribution in [-0.4, -0.2) is 56.9 Å². The minimum Gasteiger partial charge on any atom is -0.385 e. The van der Waals surface area contributed by atoms with Crippen molar-refractivity contribution in [3.05, 3.63) is 35.9 Å². The molecule has 2 aliphatic rings. The van der Waals surface area contributed by atoms with E-state index in [0.717, 1.165) is 38.8 Å². The molecule has 3 rings (SSSR count). The number of nitrogens with two attached hydrogens (primary N) is 1. The van der Waals surface area contributed by atoms with Crippen LogP contribution in [0.2, 0.25) is 0 Å². The lowest BCUT2D eigenvalue weighted by Crippen LogP contribution is -2.51. The smallest absolute Gasteiger partial charge is 0.317 e. The molecule has 180 valence electrons. The van der Waals surface area contributed by atoms with Gasteiger partial charge in [0.15, 0.2) is 0 Å². The average Bonchev–Trinajstić information content (AvgIpc) is 2.85. The summed E-state index contributed by atoms with van der Waals surface area (Å²) in [5, 5.41) is 3.25. The van der Waals surface area contributed by atoms with E-state index < -0.39 is 0 Å². The van der Waals surface area contributed by atoms with E-state index in [1.807, 2.05) is 11.0 Å². The summed E-state index contributed by atoms with van der Waals surface area (Å²) in [4.78, 5) is 15.1. The van der Waals surface area contributed by atoms with Crippen molar-refractivity contribution in [2.45, 2.75) is 69.9 Å². The van der Waals surface area contributed by atoms with E-state index in [1.54, 1.807) is 7.11 Å². The highest BCUT2D eigenvalue weighted by atomic mass is 16.5. The summed E-state index contributed by atoms with van der Waals surface area (Å²) in [6.45, 7) is 3.38. The SMILES string of the molecule is COCCCOC(c1ccccc1)[C@H]1CCCN(C(=O)N[C@H](CN)CC2CCCCC2)C1. The largest absolute Gasteiger partial charge is 0.385 e. The quantitative estimate of drug-likeness (QED) is 0.492. The van der Waals surface area contributed by atoms with Gasteiger partial charge in [-0.25, -0.2) is 4.79 Å². The van der Waals surface area contributed by atoms with E-state index in [2.05, 4.69) is 29.6 Å². The molecule has 6 nitrogen and oxygen atoms in total. The van der Waals surface area contributed by atoms with Crippen LogP contribution in [-0.2, 0) is 9.47 Å². The zero-order valence-corrected chi connectivity index (χ0v) is 19.8. The number of nitrogens with one attached hydrogen (secondary N) is 1. The van der Waals surface area contributed by atoms with E-state index in [-0.39, 0.29) is 24.1 Å². The van der Waals surface area contributed by atoms with Gasteiger partial charge in [0.25, 0.3) is 0 Å². The van der Waals surface area contributed by atoms with Gasteiger partial charge < -0.3 is 25.4 Å². The summed E-state index contributed by atoms with van der Waals surface area (Å²) in [5.74, 6) is 0.990. The van der Waals surface area contributed by atoms with E-state index in [0.29, 0.717) is 25.7 Å². The molecule has 32 heavy (non-hydrogen) atoms.